The lowest BCUT2D eigenvalue weighted by molar-refractivity contribution is 0.172. The van der Waals surface area contributed by atoms with Crippen LogP contribution in [0.5, 0.6) is 0 Å². The van der Waals surface area contributed by atoms with Crippen LogP contribution in [0.15, 0.2) is 0 Å². The molecule has 1 N–H and O–H groups in total. The van der Waals surface area contributed by atoms with E-state index in [0.717, 1.165) is 19.0 Å². The molecule has 0 aromatic heterocycles. The first-order valence-electron chi connectivity index (χ1n) is 6.89. The quantitative estimate of drug-likeness (QED) is 0.686. The molecule has 0 radical (unpaired) electrons. The second-order valence-electron chi connectivity index (χ2n) is 5.55. The highest BCUT2D eigenvalue weighted by Gasteiger charge is 2.14. The molecule has 0 fully saturated rings. The molecule has 2 atom stereocenters. The summed E-state index contributed by atoms with van der Waals surface area (Å²) in [5.41, 5.74) is 0. The third-order valence-electron chi connectivity index (χ3n) is 3.66. The van der Waals surface area contributed by atoms with Crippen LogP contribution < -0.4 is 5.32 Å². The van der Waals surface area contributed by atoms with Crippen molar-refractivity contribution in [3.8, 4) is 0 Å². The maximum atomic E-state index is 3.63. The molecule has 0 aromatic rings. The zero-order valence-electron chi connectivity index (χ0n) is 12.4. The maximum absolute atomic E-state index is 3.63. The van der Waals surface area contributed by atoms with Crippen LogP contribution in [0.2, 0.25) is 0 Å². The molecular weight excluding hydrogens is 196 g/mol. The number of hydrogen-bond acceptors (Lipinski definition) is 2. The first-order chi connectivity index (χ1) is 7.40. The van der Waals surface area contributed by atoms with Gasteiger partial charge < -0.3 is 5.32 Å². The Morgan fingerprint density at radius 2 is 1.44 bits per heavy atom. The summed E-state index contributed by atoms with van der Waals surface area (Å²) in [6.45, 7) is 18.2. The van der Waals surface area contributed by atoms with Crippen molar-refractivity contribution in [3.63, 3.8) is 0 Å². The van der Waals surface area contributed by atoms with Crippen LogP contribution in [-0.4, -0.2) is 36.1 Å². The number of nitrogens with zero attached hydrogens (tertiary/aromatic N) is 1. The van der Waals surface area contributed by atoms with Crippen molar-refractivity contribution in [1.29, 1.82) is 0 Å². The zero-order valence-corrected chi connectivity index (χ0v) is 12.4. The van der Waals surface area contributed by atoms with Crippen LogP contribution in [0.1, 0.15) is 54.9 Å². The van der Waals surface area contributed by atoms with Crippen molar-refractivity contribution in [2.75, 3.05) is 13.1 Å². The molecule has 2 nitrogen and oxygen atoms in total. The lowest BCUT2D eigenvalue weighted by Gasteiger charge is -2.31. The largest absolute Gasteiger partial charge is 0.313 e. The van der Waals surface area contributed by atoms with Gasteiger partial charge in [0.1, 0.15) is 0 Å². The van der Waals surface area contributed by atoms with Crippen LogP contribution in [0.3, 0.4) is 0 Å². The van der Waals surface area contributed by atoms with Crippen molar-refractivity contribution >= 4 is 0 Å². The Balaban J connectivity index is 3.86. The van der Waals surface area contributed by atoms with Crippen molar-refractivity contribution in [3.05, 3.63) is 0 Å². The van der Waals surface area contributed by atoms with Gasteiger partial charge in [-0.1, -0.05) is 20.3 Å². The van der Waals surface area contributed by atoms with E-state index in [9.17, 15) is 0 Å². The predicted octanol–water partition coefficient (Wildman–Crippen LogP) is 3.13. The Labute approximate surface area is 103 Å². The Bertz CT molecular complexity index is 158. The third-order valence-corrected chi connectivity index (χ3v) is 3.66. The van der Waals surface area contributed by atoms with E-state index in [-0.39, 0.29) is 0 Å². The third kappa shape index (κ3) is 5.86. The van der Waals surface area contributed by atoms with E-state index >= 15 is 0 Å². The summed E-state index contributed by atoms with van der Waals surface area (Å²) in [5, 5.41) is 3.63. The van der Waals surface area contributed by atoms with Crippen LogP contribution in [-0.2, 0) is 0 Å². The first kappa shape index (κ1) is 15.9. The smallest absolute Gasteiger partial charge is 0.0112 e. The van der Waals surface area contributed by atoms with E-state index in [1.807, 2.05) is 0 Å². The predicted molar refractivity (Wildman–Crippen MR) is 73.9 cm³/mol. The summed E-state index contributed by atoms with van der Waals surface area (Å²) in [7, 11) is 0. The average Bonchev–Trinajstić information content (AvgIpc) is 2.21. The van der Waals surface area contributed by atoms with Crippen LogP contribution >= 0.6 is 0 Å². The minimum absolute atomic E-state index is 0.631. The highest BCUT2D eigenvalue weighted by molar-refractivity contribution is 4.71. The average molecular weight is 228 g/mol. The Morgan fingerprint density at radius 3 is 1.81 bits per heavy atom. The van der Waals surface area contributed by atoms with Crippen LogP contribution in [0, 0.1) is 5.92 Å². The molecule has 0 rings (SSSR count). The van der Waals surface area contributed by atoms with Gasteiger partial charge in [-0.3, -0.25) is 4.90 Å². The molecule has 0 amide bonds. The molecule has 0 aromatic carbocycles. The summed E-state index contributed by atoms with van der Waals surface area (Å²) < 4.78 is 0. The molecule has 0 aliphatic heterocycles. The lowest BCUT2D eigenvalue weighted by atomic mass is 10.0. The zero-order chi connectivity index (χ0) is 12.7. The highest BCUT2D eigenvalue weighted by Crippen LogP contribution is 2.07. The molecule has 2 heteroatoms. The molecule has 0 saturated carbocycles. The van der Waals surface area contributed by atoms with E-state index in [1.54, 1.807) is 0 Å². The van der Waals surface area contributed by atoms with Gasteiger partial charge in [0.05, 0.1) is 0 Å². The van der Waals surface area contributed by atoms with Crippen molar-refractivity contribution in [2.24, 2.45) is 5.92 Å². The maximum Gasteiger partial charge on any atom is 0.0112 e. The molecular formula is C14H32N2. The fourth-order valence-corrected chi connectivity index (χ4v) is 2.09. The van der Waals surface area contributed by atoms with Gasteiger partial charge in [0.15, 0.2) is 0 Å². The second kappa shape index (κ2) is 8.08. The van der Waals surface area contributed by atoms with Gasteiger partial charge in [0.2, 0.25) is 0 Å². The van der Waals surface area contributed by atoms with E-state index in [1.165, 1.54) is 6.42 Å². The molecule has 0 saturated heterocycles. The minimum atomic E-state index is 0.631. The lowest BCUT2D eigenvalue weighted by Crippen LogP contribution is -2.43. The van der Waals surface area contributed by atoms with Crippen molar-refractivity contribution in [1.82, 2.24) is 10.2 Å². The summed E-state index contributed by atoms with van der Waals surface area (Å²) >= 11 is 0. The summed E-state index contributed by atoms with van der Waals surface area (Å²) in [4.78, 5) is 2.54. The Hall–Kier alpha value is -0.0800. The van der Waals surface area contributed by atoms with E-state index in [2.05, 4.69) is 58.7 Å². The van der Waals surface area contributed by atoms with Crippen LogP contribution in [0.4, 0.5) is 0 Å². The Kier molecular flexibility index (Phi) is 8.04. The number of nitrogens with one attached hydrogen (secondary N) is 1. The molecule has 2 unspecified atom stereocenters. The molecule has 0 spiro atoms. The van der Waals surface area contributed by atoms with Gasteiger partial charge in [0, 0.05) is 31.2 Å². The number of rotatable bonds is 8. The molecule has 0 heterocycles. The van der Waals surface area contributed by atoms with E-state index in [4.69, 9.17) is 0 Å². The van der Waals surface area contributed by atoms with Gasteiger partial charge in [-0.05, 0) is 40.5 Å². The second-order valence-corrected chi connectivity index (χ2v) is 5.55. The summed E-state index contributed by atoms with van der Waals surface area (Å²) in [6.07, 6.45) is 1.26. The van der Waals surface area contributed by atoms with Crippen LogP contribution in [0.25, 0.3) is 0 Å². The van der Waals surface area contributed by atoms with Gasteiger partial charge in [-0.25, -0.2) is 0 Å². The monoisotopic (exact) mass is 228 g/mol. The van der Waals surface area contributed by atoms with E-state index < -0.39 is 0 Å². The molecule has 0 aliphatic carbocycles. The highest BCUT2D eigenvalue weighted by atomic mass is 15.2. The summed E-state index contributed by atoms with van der Waals surface area (Å²) in [6, 6.07) is 1.91. The standard InChI is InChI=1S/C14H32N2/c1-8-13(6)14(7)15-9-10-16(11(2)3)12(4)5/h11-15H,8-10H2,1-7H3. The van der Waals surface area contributed by atoms with Gasteiger partial charge in [-0.2, -0.15) is 0 Å². The van der Waals surface area contributed by atoms with Crippen molar-refractivity contribution < 1.29 is 0 Å². The molecule has 0 aliphatic rings. The SMILES string of the molecule is CCC(C)C(C)NCCN(C(C)C)C(C)C. The normalized spacial score (nSPS) is 16.1. The van der Waals surface area contributed by atoms with Crippen molar-refractivity contribution in [2.45, 2.75) is 73.0 Å². The fraction of sp³-hybridized carbons (Fsp3) is 1.00. The first-order valence-corrected chi connectivity index (χ1v) is 6.89. The van der Waals surface area contributed by atoms with Gasteiger partial charge in [0.25, 0.3) is 0 Å². The molecule has 0 bridgehead atoms. The summed E-state index contributed by atoms with van der Waals surface area (Å²) in [5.74, 6) is 0.770. The van der Waals surface area contributed by atoms with Gasteiger partial charge >= 0.3 is 0 Å². The Morgan fingerprint density at radius 1 is 0.938 bits per heavy atom. The number of hydrogen-bond donors (Lipinski definition) is 1. The minimum Gasteiger partial charge on any atom is -0.313 e. The van der Waals surface area contributed by atoms with E-state index in [0.29, 0.717) is 18.1 Å². The molecule has 98 valence electrons. The molecule has 16 heavy (non-hydrogen) atoms. The van der Waals surface area contributed by atoms with Gasteiger partial charge in [-0.15, -0.1) is 0 Å². The fourth-order valence-electron chi connectivity index (χ4n) is 2.09. The topological polar surface area (TPSA) is 15.3 Å².